The number of benzene rings is 2. The number of carbonyl (C=O) groups excluding carboxylic acids is 1. The first-order valence-corrected chi connectivity index (χ1v) is 6.37. The second kappa shape index (κ2) is 5.85. The maximum absolute atomic E-state index is 11.4. The van der Waals surface area contributed by atoms with Gasteiger partial charge < -0.3 is 9.84 Å². The predicted molar refractivity (Wildman–Crippen MR) is 74.7 cm³/mol. The Bertz CT molecular complexity index is 572. The molecule has 0 aliphatic rings. The third-order valence-electron chi connectivity index (χ3n) is 3.36. The van der Waals surface area contributed by atoms with Crippen LogP contribution in [0.2, 0.25) is 0 Å². The molecule has 2 aromatic carbocycles. The van der Waals surface area contributed by atoms with Crippen LogP contribution in [0.25, 0.3) is 10.8 Å². The largest absolute Gasteiger partial charge is 0.469 e. The lowest BCUT2D eigenvalue weighted by atomic mass is 9.94. The average Bonchev–Trinajstić information content (AvgIpc) is 2.45. The number of aliphatic hydroxyl groups excluding tert-OH is 1. The van der Waals surface area contributed by atoms with Gasteiger partial charge in [0.05, 0.1) is 19.1 Å². The quantitative estimate of drug-likeness (QED) is 0.857. The van der Waals surface area contributed by atoms with E-state index >= 15 is 0 Å². The Hall–Kier alpha value is -1.87. The number of hydrogen-bond donors (Lipinski definition) is 1. The Morgan fingerprint density at radius 2 is 1.89 bits per heavy atom. The van der Waals surface area contributed by atoms with E-state index in [9.17, 15) is 9.90 Å². The molecule has 0 radical (unpaired) electrons. The van der Waals surface area contributed by atoms with Gasteiger partial charge in [-0.25, -0.2) is 0 Å². The van der Waals surface area contributed by atoms with Crippen LogP contribution >= 0.6 is 0 Å². The molecule has 3 heteroatoms. The summed E-state index contributed by atoms with van der Waals surface area (Å²) in [4.78, 5) is 11.4. The van der Waals surface area contributed by atoms with E-state index in [2.05, 4.69) is 4.74 Å². The summed E-state index contributed by atoms with van der Waals surface area (Å²) >= 11 is 0. The Balaban J connectivity index is 2.26. The molecule has 2 rings (SSSR count). The molecule has 0 aromatic heterocycles. The Morgan fingerprint density at radius 3 is 2.63 bits per heavy atom. The number of esters is 1. The molecule has 2 aromatic rings. The van der Waals surface area contributed by atoms with Gasteiger partial charge in [-0.2, -0.15) is 0 Å². The van der Waals surface area contributed by atoms with Crippen LogP contribution < -0.4 is 0 Å². The van der Waals surface area contributed by atoms with E-state index in [1.807, 2.05) is 42.5 Å². The van der Waals surface area contributed by atoms with Gasteiger partial charge in [-0.3, -0.25) is 4.79 Å². The second-order valence-electron chi connectivity index (χ2n) is 4.74. The van der Waals surface area contributed by atoms with Crippen LogP contribution in [0, 0.1) is 5.92 Å². The third-order valence-corrected chi connectivity index (χ3v) is 3.36. The standard InChI is InChI=1S/C16H18O3/c1-11(16(18)19-2)10-15(17)14-9-5-7-12-6-3-4-8-13(12)14/h3-9,11,15,17H,10H2,1-2H3. The van der Waals surface area contributed by atoms with E-state index in [0.717, 1.165) is 16.3 Å². The van der Waals surface area contributed by atoms with Crippen molar-refractivity contribution in [3.05, 3.63) is 48.0 Å². The fourth-order valence-electron chi connectivity index (χ4n) is 2.30. The first kappa shape index (κ1) is 13.6. The van der Waals surface area contributed by atoms with Crippen LogP contribution in [0.4, 0.5) is 0 Å². The van der Waals surface area contributed by atoms with Crippen LogP contribution in [-0.2, 0) is 9.53 Å². The van der Waals surface area contributed by atoms with Gasteiger partial charge in [0.15, 0.2) is 0 Å². The maximum Gasteiger partial charge on any atom is 0.308 e. The normalized spacial score (nSPS) is 14.1. The van der Waals surface area contributed by atoms with E-state index in [-0.39, 0.29) is 11.9 Å². The smallest absolute Gasteiger partial charge is 0.308 e. The second-order valence-corrected chi connectivity index (χ2v) is 4.74. The summed E-state index contributed by atoms with van der Waals surface area (Å²) in [5, 5.41) is 12.4. The molecule has 0 spiro atoms. The molecule has 19 heavy (non-hydrogen) atoms. The van der Waals surface area contributed by atoms with Gasteiger partial charge in [0, 0.05) is 0 Å². The van der Waals surface area contributed by atoms with Crippen molar-refractivity contribution in [2.24, 2.45) is 5.92 Å². The summed E-state index contributed by atoms with van der Waals surface area (Å²) < 4.78 is 4.69. The molecule has 3 nitrogen and oxygen atoms in total. The van der Waals surface area contributed by atoms with Gasteiger partial charge in [-0.15, -0.1) is 0 Å². The number of rotatable bonds is 4. The van der Waals surface area contributed by atoms with Gasteiger partial charge in [0.1, 0.15) is 0 Å². The summed E-state index contributed by atoms with van der Waals surface area (Å²) in [5.74, 6) is -0.613. The van der Waals surface area contributed by atoms with Gasteiger partial charge in [0.25, 0.3) is 0 Å². The molecule has 0 amide bonds. The van der Waals surface area contributed by atoms with Crippen LogP contribution in [0.1, 0.15) is 25.0 Å². The lowest BCUT2D eigenvalue weighted by Crippen LogP contribution is -2.16. The highest BCUT2D eigenvalue weighted by atomic mass is 16.5. The Morgan fingerprint density at radius 1 is 1.21 bits per heavy atom. The highest BCUT2D eigenvalue weighted by molar-refractivity contribution is 5.86. The van der Waals surface area contributed by atoms with Crippen LogP contribution in [0.5, 0.6) is 0 Å². The van der Waals surface area contributed by atoms with Gasteiger partial charge in [0.2, 0.25) is 0 Å². The van der Waals surface area contributed by atoms with E-state index in [1.54, 1.807) is 6.92 Å². The zero-order valence-electron chi connectivity index (χ0n) is 11.2. The van der Waals surface area contributed by atoms with Crippen molar-refractivity contribution in [2.45, 2.75) is 19.4 Å². The maximum atomic E-state index is 11.4. The van der Waals surface area contributed by atoms with Gasteiger partial charge in [-0.1, -0.05) is 49.4 Å². The number of aliphatic hydroxyl groups is 1. The molecule has 0 fully saturated rings. The highest BCUT2D eigenvalue weighted by Gasteiger charge is 2.20. The van der Waals surface area contributed by atoms with Gasteiger partial charge in [-0.05, 0) is 22.8 Å². The number of hydrogen-bond acceptors (Lipinski definition) is 3. The fourth-order valence-corrected chi connectivity index (χ4v) is 2.30. The number of methoxy groups -OCH3 is 1. The zero-order chi connectivity index (χ0) is 13.8. The van der Waals surface area contributed by atoms with E-state index in [4.69, 9.17) is 0 Å². The number of carbonyl (C=O) groups is 1. The van der Waals surface area contributed by atoms with Crippen molar-refractivity contribution in [3.8, 4) is 0 Å². The van der Waals surface area contributed by atoms with Crippen LogP contribution in [0.15, 0.2) is 42.5 Å². The summed E-state index contributed by atoms with van der Waals surface area (Å²) in [5.41, 5.74) is 0.855. The molecule has 2 unspecified atom stereocenters. The van der Waals surface area contributed by atoms with Crippen LogP contribution in [-0.4, -0.2) is 18.2 Å². The molecule has 0 saturated carbocycles. The monoisotopic (exact) mass is 258 g/mol. The molecule has 2 atom stereocenters. The SMILES string of the molecule is COC(=O)C(C)CC(O)c1cccc2ccccc12. The lowest BCUT2D eigenvalue weighted by Gasteiger charge is -2.17. The summed E-state index contributed by atoms with van der Waals surface area (Å²) in [6, 6.07) is 13.7. The third kappa shape index (κ3) is 2.93. The van der Waals surface area contributed by atoms with E-state index in [1.165, 1.54) is 7.11 Å². The van der Waals surface area contributed by atoms with Crippen molar-refractivity contribution in [3.63, 3.8) is 0 Å². The first-order chi connectivity index (χ1) is 9.13. The van der Waals surface area contributed by atoms with E-state index in [0.29, 0.717) is 6.42 Å². The molecule has 100 valence electrons. The molecular formula is C16H18O3. The number of fused-ring (bicyclic) bond motifs is 1. The molecule has 0 heterocycles. The van der Waals surface area contributed by atoms with Crippen molar-refractivity contribution < 1.29 is 14.6 Å². The molecule has 0 saturated heterocycles. The number of ether oxygens (including phenoxy) is 1. The minimum atomic E-state index is -0.666. The highest BCUT2D eigenvalue weighted by Crippen LogP contribution is 2.28. The van der Waals surface area contributed by atoms with Crippen molar-refractivity contribution in [1.29, 1.82) is 0 Å². The van der Waals surface area contributed by atoms with Crippen molar-refractivity contribution in [1.82, 2.24) is 0 Å². The first-order valence-electron chi connectivity index (χ1n) is 6.37. The topological polar surface area (TPSA) is 46.5 Å². The lowest BCUT2D eigenvalue weighted by molar-refractivity contribution is -0.145. The summed E-state index contributed by atoms with van der Waals surface area (Å²) in [7, 11) is 1.36. The predicted octanol–water partition coefficient (Wildman–Crippen LogP) is 3.07. The van der Waals surface area contributed by atoms with Crippen molar-refractivity contribution >= 4 is 16.7 Å². The minimum Gasteiger partial charge on any atom is -0.469 e. The van der Waals surface area contributed by atoms with E-state index < -0.39 is 6.10 Å². The Labute approximate surface area is 112 Å². The molecule has 0 bridgehead atoms. The molecule has 0 aliphatic heterocycles. The summed E-state index contributed by atoms with van der Waals surface area (Å²) in [6.07, 6.45) is -0.305. The van der Waals surface area contributed by atoms with Crippen LogP contribution in [0.3, 0.4) is 0 Å². The Kier molecular flexibility index (Phi) is 4.17. The summed E-state index contributed by atoms with van der Waals surface area (Å²) in [6.45, 7) is 1.76. The minimum absolute atomic E-state index is 0.292. The molecule has 0 aliphatic carbocycles. The molecular weight excluding hydrogens is 240 g/mol. The fraction of sp³-hybridized carbons (Fsp3) is 0.312. The van der Waals surface area contributed by atoms with Gasteiger partial charge >= 0.3 is 5.97 Å². The molecule has 1 N–H and O–H groups in total. The average molecular weight is 258 g/mol. The van der Waals surface area contributed by atoms with Crippen molar-refractivity contribution in [2.75, 3.05) is 7.11 Å². The zero-order valence-corrected chi connectivity index (χ0v) is 11.2.